The summed E-state index contributed by atoms with van der Waals surface area (Å²) in [4.78, 5) is 23.2. The Morgan fingerprint density at radius 3 is 2.15 bits per heavy atom. The number of rotatable bonds is 5. The molecule has 5 heteroatoms. The summed E-state index contributed by atoms with van der Waals surface area (Å²) in [7, 11) is 0. The molecule has 0 saturated carbocycles. The van der Waals surface area contributed by atoms with Gasteiger partial charge in [0.2, 0.25) is 5.91 Å². The van der Waals surface area contributed by atoms with Crippen molar-refractivity contribution in [1.29, 1.82) is 0 Å². The number of carboxylic acids is 1. The predicted octanol–water partition coefficient (Wildman–Crippen LogP) is -0.343. The third kappa shape index (κ3) is 3.89. The van der Waals surface area contributed by atoms with Crippen LogP contribution >= 0.6 is 0 Å². The molecule has 1 atom stereocenters. The van der Waals surface area contributed by atoms with E-state index in [9.17, 15) is 9.59 Å². The highest BCUT2D eigenvalue weighted by Gasteiger charge is 2.18. The lowest BCUT2D eigenvalue weighted by Crippen LogP contribution is -2.39. The Labute approximate surface area is 77.5 Å². The van der Waals surface area contributed by atoms with E-state index in [-0.39, 0.29) is 12.3 Å². The number of amides is 1. The summed E-state index contributed by atoms with van der Waals surface area (Å²) in [6.45, 7) is 4.85. The lowest BCUT2D eigenvalue weighted by atomic mass is 10.2. The van der Waals surface area contributed by atoms with E-state index in [1.54, 1.807) is 4.90 Å². The molecule has 0 aliphatic carbocycles. The van der Waals surface area contributed by atoms with Crippen LogP contribution in [0.1, 0.15) is 20.3 Å². The maximum atomic E-state index is 11.3. The van der Waals surface area contributed by atoms with E-state index in [0.717, 1.165) is 0 Å². The molecule has 13 heavy (non-hydrogen) atoms. The summed E-state index contributed by atoms with van der Waals surface area (Å²) >= 11 is 0. The van der Waals surface area contributed by atoms with Crippen LogP contribution in [0.2, 0.25) is 0 Å². The zero-order chi connectivity index (χ0) is 10.4. The van der Waals surface area contributed by atoms with Crippen LogP contribution in [0, 0.1) is 0 Å². The number of carboxylic acid groups (broad SMARTS) is 1. The van der Waals surface area contributed by atoms with Crippen molar-refractivity contribution >= 4 is 11.9 Å². The second-order valence-electron chi connectivity index (χ2n) is 2.71. The quantitative estimate of drug-likeness (QED) is 0.618. The smallest absolute Gasteiger partial charge is 0.321 e. The maximum absolute atomic E-state index is 11.3. The highest BCUT2D eigenvalue weighted by atomic mass is 16.4. The van der Waals surface area contributed by atoms with Crippen LogP contribution in [0.25, 0.3) is 0 Å². The van der Waals surface area contributed by atoms with Crippen LogP contribution in [-0.2, 0) is 9.59 Å². The number of nitrogens with zero attached hydrogens (tertiary/aromatic N) is 1. The molecule has 76 valence electrons. The van der Waals surface area contributed by atoms with Crippen molar-refractivity contribution in [2.75, 3.05) is 13.1 Å². The Morgan fingerprint density at radius 1 is 1.38 bits per heavy atom. The summed E-state index contributed by atoms with van der Waals surface area (Å²) in [5.74, 6) is -1.35. The van der Waals surface area contributed by atoms with Crippen molar-refractivity contribution in [1.82, 2.24) is 4.90 Å². The zero-order valence-corrected chi connectivity index (χ0v) is 7.99. The molecular formula is C8H16N2O3. The van der Waals surface area contributed by atoms with Gasteiger partial charge >= 0.3 is 5.97 Å². The summed E-state index contributed by atoms with van der Waals surface area (Å²) in [5.41, 5.74) is 5.22. The van der Waals surface area contributed by atoms with E-state index in [4.69, 9.17) is 10.8 Å². The van der Waals surface area contributed by atoms with Gasteiger partial charge in [-0.05, 0) is 13.8 Å². The normalized spacial score (nSPS) is 12.2. The number of nitrogens with two attached hydrogens (primary N) is 1. The summed E-state index contributed by atoms with van der Waals surface area (Å²) in [5, 5.41) is 8.46. The van der Waals surface area contributed by atoms with Gasteiger partial charge in [-0.2, -0.15) is 0 Å². The van der Waals surface area contributed by atoms with Crippen molar-refractivity contribution in [3.8, 4) is 0 Å². The van der Waals surface area contributed by atoms with E-state index >= 15 is 0 Å². The first-order chi connectivity index (χ1) is 6.02. The molecule has 0 aromatic carbocycles. The lowest BCUT2D eigenvalue weighted by Gasteiger charge is -2.19. The molecule has 0 bridgehead atoms. The second-order valence-corrected chi connectivity index (χ2v) is 2.71. The lowest BCUT2D eigenvalue weighted by molar-refractivity contribution is -0.142. The molecule has 0 heterocycles. The van der Waals surface area contributed by atoms with Crippen LogP contribution in [0.15, 0.2) is 0 Å². The fourth-order valence-electron chi connectivity index (χ4n) is 0.981. The van der Waals surface area contributed by atoms with Gasteiger partial charge in [-0.25, -0.2) is 0 Å². The molecule has 5 nitrogen and oxygen atoms in total. The summed E-state index contributed by atoms with van der Waals surface area (Å²) in [6, 6.07) is -1.09. The van der Waals surface area contributed by atoms with E-state index in [2.05, 4.69) is 0 Å². The molecule has 0 aliphatic heterocycles. The minimum absolute atomic E-state index is 0.128. The van der Waals surface area contributed by atoms with Gasteiger partial charge in [0.05, 0.1) is 6.42 Å². The first-order valence-electron chi connectivity index (χ1n) is 4.29. The molecule has 0 rings (SSSR count). The van der Waals surface area contributed by atoms with Crippen molar-refractivity contribution in [2.24, 2.45) is 5.73 Å². The van der Waals surface area contributed by atoms with Gasteiger partial charge in [-0.15, -0.1) is 0 Å². The standard InChI is InChI=1S/C8H16N2O3/c1-3-10(4-2)7(11)5-6(9)8(12)13/h6H,3-5,9H2,1-2H3,(H,12,13). The average Bonchev–Trinajstić information content (AvgIpc) is 2.06. The number of aliphatic carboxylic acids is 1. The molecular weight excluding hydrogens is 172 g/mol. The molecule has 0 aromatic rings. The van der Waals surface area contributed by atoms with Crippen molar-refractivity contribution < 1.29 is 14.7 Å². The van der Waals surface area contributed by atoms with E-state index < -0.39 is 12.0 Å². The van der Waals surface area contributed by atoms with Gasteiger partial charge in [0, 0.05) is 13.1 Å². The SMILES string of the molecule is CCN(CC)C(=O)CC(N)C(=O)O. The minimum atomic E-state index is -1.14. The molecule has 1 amide bonds. The number of carbonyl (C=O) groups is 2. The van der Waals surface area contributed by atoms with Crippen molar-refractivity contribution in [3.63, 3.8) is 0 Å². The number of carbonyl (C=O) groups excluding carboxylic acids is 1. The molecule has 0 fully saturated rings. The minimum Gasteiger partial charge on any atom is -0.480 e. The zero-order valence-electron chi connectivity index (χ0n) is 7.99. The fourth-order valence-corrected chi connectivity index (χ4v) is 0.981. The third-order valence-electron chi connectivity index (χ3n) is 1.83. The number of hydrogen-bond donors (Lipinski definition) is 2. The fraction of sp³-hybridized carbons (Fsp3) is 0.750. The third-order valence-corrected chi connectivity index (χ3v) is 1.83. The number of hydrogen-bond acceptors (Lipinski definition) is 3. The first kappa shape index (κ1) is 11.9. The molecule has 0 radical (unpaired) electrons. The van der Waals surface area contributed by atoms with Crippen LogP contribution < -0.4 is 5.73 Å². The highest BCUT2D eigenvalue weighted by Crippen LogP contribution is 1.96. The second kappa shape index (κ2) is 5.53. The average molecular weight is 188 g/mol. The molecule has 0 aromatic heterocycles. The van der Waals surface area contributed by atoms with Gasteiger partial charge in [0.1, 0.15) is 6.04 Å². The Hall–Kier alpha value is -1.10. The van der Waals surface area contributed by atoms with Crippen molar-refractivity contribution in [2.45, 2.75) is 26.3 Å². The largest absolute Gasteiger partial charge is 0.480 e. The Bertz CT molecular complexity index is 190. The predicted molar refractivity (Wildman–Crippen MR) is 48.2 cm³/mol. The van der Waals surface area contributed by atoms with Crippen LogP contribution in [-0.4, -0.2) is 41.0 Å². The van der Waals surface area contributed by atoms with Crippen LogP contribution in [0.3, 0.4) is 0 Å². The molecule has 0 spiro atoms. The molecule has 3 N–H and O–H groups in total. The van der Waals surface area contributed by atoms with Gasteiger partial charge < -0.3 is 15.7 Å². The van der Waals surface area contributed by atoms with E-state index in [1.807, 2.05) is 13.8 Å². The van der Waals surface area contributed by atoms with Gasteiger partial charge in [0.15, 0.2) is 0 Å². The van der Waals surface area contributed by atoms with Crippen LogP contribution in [0.4, 0.5) is 0 Å². The van der Waals surface area contributed by atoms with Gasteiger partial charge in [-0.3, -0.25) is 9.59 Å². The summed E-state index contributed by atoms with van der Waals surface area (Å²) in [6.07, 6.45) is -0.128. The Balaban J connectivity index is 4.05. The van der Waals surface area contributed by atoms with Gasteiger partial charge in [-0.1, -0.05) is 0 Å². The molecule has 0 aliphatic rings. The van der Waals surface area contributed by atoms with Gasteiger partial charge in [0.25, 0.3) is 0 Å². The van der Waals surface area contributed by atoms with Crippen molar-refractivity contribution in [3.05, 3.63) is 0 Å². The monoisotopic (exact) mass is 188 g/mol. The van der Waals surface area contributed by atoms with E-state index in [1.165, 1.54) is 0 Å². The Kier molecular flexibility index (Phi) is 5.06. The summed E-state index contributed by atoms with van der Waals surface area (Å²) < 4.78 is 0. The molecule has 1 unspecified atom stereocenters. The highest BCUT2D eigenvalue weighted by molar-refractivity contribution is 5.84. The molecule has 0 saturated heterocycles. The maximum Gasteiger partial charge on any atom is 0.321 e. The Morgan fingerprint density at radius 2 is 1.85 bits per heavy atom. The first-order valence-corrected chi connectivity index (χ1v) is 4.29. The topological polar surface area (TPSA) is 83.6 Å². The van der Waals surface area contributed by atoms with Crippen LogP contribution in [0.5, 0.6) is 0 Å². The van der Waals surface area contributed by atoms with E-state index in [0.29, 0.717) is 13.1 Å².